The molecule has 0 fully saturated rings. The highest BCUT2D eigenvalue weighted by molar-refractivity contribution is 5.62. The highest BCUT2D eigenvalue weighted by Gasteiger charge is 2.15. The van der Waals surface area contributed by atoms with Crippen LogP contribution < -0.4 is 4.74 Å². The number of aromatic nitrogens is 4. The lowest BCUT2D eigenvalue weighted by Crippen LogP contribution is -2.06. The van der Waals surface area contributed by atoms with Crippen molar-refractivity contribution in [3.8, 4) is 11.4 Å². The Morgan fingerprint density at radius 1 is 0.897 bits per heavy atom. The molecule has 0 aliphatic carbocycles. The summed E-state index contributed by atoms with van der Waals surface area (Å²) in [5.41, 5.74) is 2.83. The van der Waals surface area contributed by atoms with Gasteiger partial charge in [-0.25, -0.2) is 0 Å². The number of ether oxygens (including phenoxy) is 1. The molecule has 29 heavy (non-hydrogen) atoms. The van der Waals surface area contributed by atoms with E-state index in [0.29, 0.717) is 18.9 Å². The Morgan fingerprint density at radius 2 is 1.59 bits per heavy atom. The second-order valence-electron chi connectivity index (χ2n) is 6.62. The first-order chi connectivity index (χ1) is 14.3. The molecule has 4 aromatic rings. The Balaban J connectivity index is 1.40. The zero-order valence-corrected chi connectivity index (χ0v) is 15.8. The largest absolute Gasteiger partial charge is 0.489 e. The van der Waals surface area contributed by atoms with Crippen LogP contribution in [0.5, 0.6) is 5.75 Å². The smallest absolute Gasteiger partial charge is 0.176 e. The van der Waals surface area contributed by atoms with Gasteiger partial charge in [0, 0.05) is 12.3 Å². The monoisotopic (exact) mass is 384 g/mol. The van der Waals surface area contributed by atoms with Crippen molar-refractivity contribution < 1.29 is 9.53 Å². The zero-order valence-electron chi connectivity index (χ0n) is 15.8. The number of carbonyl (C=O) groups is 1. The van der Waals surface area contributed by atoms with E-state index in [-0.39, 0.29) is 5.92 Å². The fraction of sp³-hybridized carbons (Fsp3) is 0.130. The predicted octanol–water partition coefficient (Wildman–Crippen LogP) is 3.77. The van der Waals surface area contributed by atoms with Crippen LogP contribution in [0.2, 0.25) is 0 Å². The van der Waals surface area contributed by atoms with Crippen molar-refractivity contribution in [2.75, 3.05) is 0 Å². The molecule has 0 saturated carbocycles. The number of hydrogen-bond acceptors (Lipinski definition) is 5. The van der Waals surface area contributed by atoms with E-state index in [1.807, 2.05) is 84.9 Å². The molecule has 0 radical (unpaired) electrons. The van der Waals surface area contributed by atoms with E-state index in [4.69, 9.17) is 4.74 Å². The zero-order chi connectivity index (χ0) is 19.9. The highest BCUT2D eigenvalue weighted by atomic mass is 16.5. The third-order valence-electron chi connectivity index (χ3n) is 4.57. The van der Waals surface area contributed by atoms with Gasteiger partial charge in [0.2, 0.25) is 0 Å². The van der Waals surface area contributed by atoms with E-state index < -0.39 is 0 Å². The van der Waals surface area contributed by atoms with Crippen LogP contribution in [0, 0.1) is 0 Å². The summed E-state index contributed by atoms with van der Waals surface area (Å²) < 4.78 is 5.80. The maximum absolute atomic E-state index is 11.7. The van der Waals surface area contributed by atoms with E-state index >= 15 is 0 Å². The number of rotatable bonds is 8. The molecule has 1 heterocycles. The van der Waals surface area contributed by atoms with Gasteiger partial charge >= 0.3 is 0 Å². The van der Waals surface area contributed by atoms with Gasteiger partial charge in [0.15, 0.2) is 5.82 Å². The lowest BCUT2D eigenvalue weighted by atomic mass is 9.97. The topological polar surface area (TPSA) is 69.9 Å². The van der Waals surface area contributed by atoms with E-state index in [0.717, 1.165) is 28.8 Å². The summed E-state index contributed by atoms with van der Waals surface area (Å²) in [5, 5.41) is 12.5. The van der Waals surface area contributed by atoms with Gasteiger partial charge in [0.1, 0.15) is 18.6 Å². The fourth-order valence-electron chi connectivity index (χ4n) is 2.99. The number of carbonyl (C=O) groups excluding carboxylic acids is 1. The number of benzene rings is 3. The van der Waals surface area contributed by atoms with Gasteiger partial charge in [-0.05, 0) is 40.6 Å². The first kappa shape index (κ1) is 18.6. The molecule has 6 nitrogen and oxygen atoms in total. The number of para-hydroxylation sites is 1. The Hall–Kier alpha value is -3.80. The Labute approximate surface area is 168 Å². The molecule has 0 aliphatic rings. The van der Waals surface area contributed by atoms with Crippen LogP contribution in [-0.2, 0) is 17.8 Å². The van der Waals surface area contributed by atoms with Gasteiger partial charge in [-0.15, -0.1) is 15.0 Å². The summed E-state index contributed by atoms with van der Waals surface area (Å²) in [6.07, 6.45) is 1.31. The third-order valence-corrected chi connectivity index (χ3v) is 4.57. The van der Waals surface area contributed by atoms with Crippen LogP contribution in [-0.4, -0.2) is 26.5 Å². The van der Waals surface area contributed by atoms with Crippen LogP contribution in [0.15, 0.2) is 84.9 Å². The van der Waals surface area contributed by atoms with Gasteiger partial charge < -0.3 is 9.53 Å². The molecule has 0 saturated heterocycles. The Morgan fingerprint density at radius 3 is 2.28 bits per heavy atom. The quantitative estimate of drug-likeness (QED) is 0.433. The summed E-state index contributed by atoms with van der Waals surface area (Å²) in [4.78, 5) is 13.1. The molecule has 1 atom stereocenters. The lowest BCUT2D eigenvalue weighted by molar-refractivity contribution is -0.109. The summed E-state index contributed by atoms with van der Waals surface area (Å²) in [6, 6.07) is 27.1. The minimum Gasteiger partial charge on any atom is -0.489 e. The first-order valence-corrected chi connectivity index (χ1v) is 9.38. The molecule has 1 unspecified atom stereocenters. The standard InChI is InChI=1S/C23H20N4O2/c28-16-20(15-23-24-26-27(25-23)21-9-5-2-6-10-21)19-11-13-22(14-12-19)29-17-18-7-3-1-4-8-18/h1-14,16,20H,15,17H2. The Kier molecular flexibility index (Phi) is 5.71. The van der Waals surface area contributed by atoms with Gasteiger partial charge in [0.25, 0.3) is 0 Å². The maximum atomic E-state index is 11.7. The van der Waals surface area contributed by atoms with Crippen molar-refractivity contribution in [3.63, 3.8) is 0 Å². The normalized spacial score (nSPS) is 11.7. The number of hydrogen-bond donors (Lipinski definition) is 0. The summed E-state index contributed by atoms with van der Waals surface area (Å²) in [7, 11) is 0. The van der Waals surface area contributed by atoms with Crippen LogP contribution >= 0.6 is 0 Å². The molecule has 4 rings (SSSR count). The van der Waals surface area contributed by atoms with Crippen molar-refractivity contribution in [3.05, 3.63) is 102 Å². The lowest BCUT2D eigenvalue weighted by Gasteiger charge is -2.10. The molecule has 0 bridgehead atoms. The summed E-state index contributed by atoms with van der Waals surface area (Å²) in [5.74, 6) is 0.942. The third kappa shape index (κ3) is 4.73. The minimum absolute atomic E-state index is 0.341. The average molecular weight is 384 g/mol. The van der Waals surface area contributed by atoms with E-state index in [1.54, 1.807) is 0 Å². The Bertz CT molecular complexity index is 1050. The molecule has 0 amide bonds. The molecule has 0 N–H and O–H groups in total. The molecular weight excluding hydrogens is 364 g/mol. The van der Waals surface area contributed by atoms with Gasteiger partial charge in [-0.3, -0.25) is 0 Å². The van der Waals surface area contributed by atoms with Crippen molar-refractivity contribution in [1.82, 2.24) is 20.2 Å². The molecule has 6 heteroatoms. The fourth-order valence-corrected chi connectivity index (χ4v) is 2.99. The van der Waals surface area contributed by atoms with Gasteiger partial charge in [-0.2, -0.15) is 0 Å². The van der Waals surface area contributed by atoms with Crippen molar-refractivity contribution in [2.45, 2.75) is 18.9 Å². The highest BCUT2D eigenvalue weighted by Crippen LogP contribution is 2.21. The van der Waals surface area contributed by atoms with E-state index in [2.05, 4.69) is 15.4 Å². The van der Waals surface area contributed by atoms with E-state index in [1.165, 1.54) is 4.80 Å². The van der Waals surface area contributed by atoms with Crippen molar-refractivity contribution >= 4 is 6.29 Å². The molecular formula is C23H20N4O2. The predicted molar refractivity (Wildman–Crippen MR) is 109 cm³/mol. The van der Waals surface area contributed by atoms with Crippen LogP contribution in [0.4, 0.5) is 0 Å². The van der Waals surface area contributed by atoms with Crippen molar-refractivity contribution in [2.24, 2.45) is 0 Å². The van der Waals surface area contributed by atoms with E-state index in [9.17, 15) is 4.79 Å². The van der Waals surface area contributed by atoms with Gasteiger partial charge in [-0.1, -0.05) is 60.7 Å². The first-order valence-electron chi connectivity index (χ1n) is 9.38. The summed E-state index contributed by atoms with van der Waals surface area (Å²) >= 11 is 0. The molecule has 144 valence electrons. The van der Waals surface area contributed by atoms with Gasteiger partial charge in [0.05, 0.1) is 5.69 Å². The molecule has 3 aromatic carbocycles. The van der Waals surface area contributed by atoms with Crippen LogP contribution in [0.1, 0.15) is 22.9 Å². The number of tetrazole rings is 1. The van der Waals surface area contributed by atoms with Crippen LogP contribution in [0.25, 0.3) is 5.69 Å². The van der Waals surface area contributed by atoms with Crippen molar-refractivity contribution in [1.29, 1.82) is 0 Å². The SMILES string of the molecule is O=CC(Cc1nnn(-c2ccccc2)n1)c1ccc(OCc2ccccc2)cc1. The second-order valence-corrected chi connectivity index (χ2v) is 6.62. The number of nitrogens with zero attached hydrogens (tertiary/aromatic N) is 4. The molecule has 1 aromatic heterocycles. The average Bonchev–Trinajstić information content (AvgIpc) is 3.26. The van der Waals surface area contributed by atoms with Crippen LogP contribution in [0.3, 0.4) is 0 Å². The minimum atomic E-state index is -0.341. The molecule has 0 aliphatic heterocycles. The molecule has 0 spiro atoms. The second kappa shape index (κ2) is 8.93. The maximum Gasteiger partial charge on any atom is 0.176 e. The number of aldehydes is 1. The summed E-state index contributed by atoms with van der Waals surface area (Å²) in [6.45, 7) is 0.504.